The molecule has 0 bridgehead atoms. The Bertz CT molecular complexity index is 441. The van der Waals surface area contributed by atoms with E-state index in [2.05, 4.69) is 0 Å². The number of carboxylic acids is 1. The molecule has 104 valence electrons. The first-order chi connectivity index (χ1) is 8.95. The lowest BCUT2D eigenvalue weighted by molar-refractivity contribution is -0.141. The van der Waals surface area contributed by atoms with Crippen LogP contribution in [-0.4, -0.2) is 42.1 Å². The second kappa shape index (κ2) is 6.78. The highest BCUT2D eigenvalue weighted by molar-refractivity contribution is 5.94. The van der Waals surface area contributed by atoms with E-state index in [9.17, 15) is 9.59 Å². The summed E-state index contributed by atoms with van der Waals surface area (Å²) in [6, 6.07) is 6.81. The number of carbonyl (C=O) groups is 2. The average molecular weight is 265 g/mol. The molecule has 1 aromatic carbocycles. The molecule has 0 heterocycles. The summed E-state index contributed by atoms with van der Waals surface area (Å²) in [4.78, 5) is 24.2. The fourth-order valence-corrected chi connectivity index (χ4v) is 1.65. The van der Waals surface area contributed by atoms with Crippen molar-refractivity contribution in [2.75, 3.05) is 20.2 Å². The first-order valence-corrected chi connectivity index (χ1v) is 6.16. The van der Waals surface area contributed by atoms with Gasteiger partial charge in [0.05, 0.1) is 12.5 Å². The number of nitrogens with zero attached hydrogens (tertiary/aromatic N) is 1. The minimum atomic E-state index is -0.911. The quantitative estimate of drug-likeness (QED) is 0.852. The van der Waals surface area contributed by atoms with Crippen molar-refractivity contribution >= 4 is 11.9 Å². The highest BCUT2D eigenvalue weighted by atomic mass is 16.5. The summed E-state index contributed by atoms with van der Waals surface area (Å²) in [7, 11) is 1.60. The van der Waals surface area contributed by atoms with Gasteiger partial charge in [-0.2, -0.15) is 0 Å². The molecular weight excluding hydrogens is 246 g/mol. The van der Waals surface area contributed by atoms with Gasteiger partial charge in [-0.3, -0.25) is 9.59 Å². The van der Waals surface area contributed by atoms with Crippen LogP contribution < -0.4 is 4.74 Å². The topological polar surface area (TPSA) is 66.8 Å². The molecule has 0 aliphatic carbocycles. The van der Waals surface area contributed by atoms with Crippen molar-refractivity contribution < 1.29 is 19.4 Å². The fraction of sp³-hybridized carbons (Fsp3) is 0.429. The van der Waals surface area contributed by atoms with Crippen molar-refractivity contribution in [3.05, 3.63) is 29.8 Å². The van der Waals surface area contributed by atoms with Crippen LogP contribution in [0.5, 0.6) is 5.75 Å². The van der Waals surface area contributed by atoms with Gasteiger partial charge in [0.2, 0.25) is 0 Å². The third kappa shape index (κ3) is 4.28. The highest BCUT2D eigenvalue weighted by Gasteiger charge is 2.18. The zero-order chi connectivity index (χ0) is 14.4. The maximum atomic E-state index is 12.1. The predicted molar refractivity (Wildman–Crippen MR) is 71.4 cm³/mol. The Hall–Kier alpha value is -2.04. The molecule has 0 saturated carbocycles. The van der Waals surface area contributed by atoms with Gasteiger partial charge in [0.25, 0.3) is 5.91 Å². The normalized spacial score (nSPS) is 11.7. The number of amides is 1. The van der Waals surface area contributed by atoms with Crippen LogP contribution in [-0.2, 0) is 4.79 Å². The Kier molecular flexibility index (Phi) is 5.36. The molecule has 19 heavy (non-hydrogen) atoms. The molecule has 0 saturated heterocycles. The number of hydrogen-bond donors (Lipinski definition) is 1. The SMILES string of the molecule is CCOc1ccc(C(=O)N(C)CC(C)C(=O)O)cc1. The molecule has 0 aromatic heterocycles. The Morgan fingerprint density at radius 2 is 1.89 bits per heavy atom. The van der Waals surface area contributed by atoms with Crippen LogP contribution in [0.2, 0.25) is 0 Å². The Morgan fingerprint density at radius 3 is 2.37 bits per heavy atom. The maximum Gasteiger partial charge on any atom is 0.308 e. The average Bonchev–Trinajstić information content (AvgIpc) is 2.39. The summed E-state index contributed by atoms with van der Waals surface area (Å²) < 4.78 is 5.29. The van der Waals surface area contributed by atoms with Crippen molar-refractivity contribution in [3.63, 3.8) is 0 Å². The van der Waals surface area contributed by atoms with Crippen LogP contribution in [0, 0.1) is 5.92 Å². The summed E-state index contributed by atoms with van der Waals surface area (Å²) in [5.74, 6) is -0.986. The number of rotatable bonds is 6. The second-order valence-corrected chi connectivity index (χ2v) is 4.38. The van der Waals surface area contributed by atoms with E-state index < -0.39 is 11.9 Å². The molecule has 5 nitrogen and oxygen atoms in total. The first-order valence-electron chi connectivity index (χ1n) is 6.16. The van der Waals surface area contributed by atoms with Crippen molar-refractivity contribution in [3.8, 4) is 5.75 Å². The van der Waals surface area contributed by atoms with Crippen LogP contribution in [0.15, 0.2) is 24.3 Å². The summed E-state index contributed by atoms with van der Waals surface area (Å²) in [5, 5.41) is 8.82. The zero-order valence-electron chi connectivity index (χ0n) is 11.4. The van der Waals surface area contributed by atoms with Gasteiger partial charge in [-0.1, -0.05) is 6.92 Å². The molecule has 5 heteroatoms. The maximum absolute atomic E-state index is 12.1. The molecule has 1 unspecified atom stereocenters. The summed E-state index contributed by atoms with van der Waals surface area (Å²) in [6.45, 7) is 4.22. The molecular formula is C14H19NO4. The molecule has 0 fully saturated rings. The third-order valence-electron chi connectivity index (χ3n) is 2.73. The van der Waals surface area contributed by atoms with Gasteiger partial charge in [-0.05, 0) is 31.2 Å². The van der Waals surface area contributed by atoms with Gasteiger partial charge in [0, 0.05) is 19.2 Å². The van der Waals surface area contributed by atoms with Gasteiger partial charge < -0.3 is 14.7 Å². The van der Waals surface area contributed by atoms with Crippen molar-refractivity contribution in [2.24, 2.45) is 5.92 Å². The second-order valence-electron chi connectivity index (χ2n) is 4.38. The molecule has 1 aromatic rings. The molecule has 1 atom stereocenters. The Labute approximate surface area is 112 Å². The van der Waals surface area contributed by atoms with E-state index in [1.54, 1.807) is 38.2 Å². The van der Waals surface area contributed by atoms with E-state index in [1.807, 2.05) is 6.92 Å². The molecule has 0 radical (unpaired) electrons. The van der Waals surface area contributed by atoms with Gasteiger partial charge in [0.15, 0.2) is 0 Å². The number of carboxylic acid groups (broad SMARTS) is 1. The Morgan fingerprint density at radius 1 is 1.32 bits per heavy atom. The van der Waals surface area contributed by atoms with E-state index in [0.717, 1.165) is 0 Å². The molecule has 0 spiro atoms. The van der Waals surface area contributed by atoms with Gasteiger partial charge in [-0.15, -0.1) is 0 Å². The van der Waals surface area contributed by atoms with Crippen LogP contribution in [0.1, 0.15) is 24.2 Å². The minimum Gasteiger partial charge on any atom is -0.494 e. The smallest absolute Gasteiger partial charge is 0.308 e. The number of hydrogen-bond acceptors (Lipinski definition) is 3. The highest BCUT2D eigenvalue weighted by Crippen LogP contribution is 2.13. The van der Waals surface area contributed by atoms with Crippen molar-refractivity contribution in [1.82, 2.24) is 4.90 Å². The minimum absolute atomic E-state index is 0.182. The summed E-state index contributed by atoms with van der Waals surface area (Å²) in [5.41, 5.74) is 0.517. The molecule has 1 rings (SSSR count). The van der Waals surface area contributed by atoms with Crippen molar-refractivity contribution in [2.45, 2.75) is 13.8 Å². The van der Waals surface area contributed by atoms with Crippen molar-refractivity contribution in [1.29, 1.82) is 0 Å². The van der Waals surface area contributed by atoms with Crippen LogP contribution in [0.25, 0.3) is 0 Å². The van der Waals surface area contributed by atoms with E-state index in [-0.39, 0.29) is 12.5 Å². The number of carbonyl (C=O) groups excluding carboxylic acids is 1. The van der Waals surface area contributed by atoms with E-state index in [0.29, 0.717) is 17.9 Å². The van der Waals surface area contributed by atoms with Gasteiger partial charge in [-0.25, -0.2) is 0 Å². The third-order valence-corrected chi connectivity index (χ3v) is 2.73. The lowest BCUT2D eigenvalue weighted by Crippen LogP contribution is -2.33. The van der Waals surface area contributed by atoms with Crippen LogP contribution >= 0.6 is 0 Å². The summed E-state index contributed by atoms with van der Waals surface area (Å²) in [6.07, 6.45) is 0. The largest absolute Gasteiger partial charge is 0.494 e. The van der Waals surface area contributed by atoms with E-state index >= 15 is 0 Å². The monoisotopic (exact) mass is 265 g/mol. The summed E-state index contributed by atoms with van der Waals surface area (Å²) >= 11 is 0. The van der Waals surface area contributed by atoms with E-state index in [1.165, 1.54) is 4.90 Å². The standard InChI is InChI=1S/C14H19NO4/c1-4-19-12-7-5-11(6-8-12)13(16)15(3)9-10(2)14(17)18/h5-8,10H,4,9H2,1-3H3,(H,17,18). The Balaban J connectivity index is 2.68. The van der Waals surface area contributed by atoms with Crippen LogP contribution in [0.3, 0.4) is 0 Å². The fourth-order valence-electron chi connectivity index (χ4n) is 1.65. The van der Waals surface area contributed by atoms with Gasteiger partial charge in [0.1, 0.15) is 5.75 Å². The lowest BCUT2D eigenvalue weighted by Gasteiger charge is -2.19. The van der Waals surface area contributed by atoms with Gasteiger partial charge >= 0.3 is 5.97 Å². The molecule has 0 aliphatic heterocycles. The molecule has 1 N–H and O–H groups in total. The number of aliphatic carboxylic acids is 1. The number of benzene rings is 1. The van der Waals surface area contributed by atoms with E-state index in [4.69, 9.17) is 9.84 Å². The molecule has 1 amide bonds. The first kappa shape index (κ1) is 15.0. The van der Waals surface area contributed by atoms with Crippen LogP contribution in [0.4, 0.5) is 0 Å². The predicted octanol–water partition coefficient (Wildman–Crippen LogP) is 1.88. The molecule has 0 aliphatic rings. The number of ether oxygens (including phenoxy) is 1. The zero-order valence-corrected chi connectivity index (χ0v) is 11.4. The lowest BCUT2D eigenvalue weighted by atomic mass is 10.1.